The van der Waals surface area contributed by atoms with Crippen molar-refractivity contribution in [2.75, 3.05) is 18.5 Å². The van der Waals surface area contributed by atoms with E-state index in [2.05, 4.69) is 37.9 Å². The quantitative estimate of drug-likeness (QED) is 0.558. The van der Waals surface area contributed by atoms with Gasteiger partial charge in [-0.25, -0.2) is 0 Å². The fraction of sp³-hybridized carbons (Fsp3) is 0.706. The van der Waals surface area contributed by atoms with Gasteiger partial charge in [-0.3, -0.25) is 0 Å². The predicted molar refractivity (Wildman–Crippen MR) is 91.5 cm³/mol. The fourth-order valence-corrected chi connectivity index (χ4v) is 8.62. The van der Waals surface area contributed by atoms with Gasteiger partial charge in [-0.15, -0.1) is 0 Å². The summed E-state index contributed by atoms with van der Waals surface area (Å²) in [5.74, 6) is 0. The number of aromatic nitrogens is 1. The topological polar surface area (TPSA) is 12.9 Å². The summed E-state index contributed by atoms with van der Waals surface area (Å²) in [4.78, 5) is 4.22. The van der Waals surface area contributed by atoms with Crippen LogP contribution >= 0.6 is 7.26 Å². The molecule has 0 spiro atoms. The van der Waals surface area contributed by atoms with Gasteiger partial charge in [0, 0.05) is 0 Å². The molecule has 0 fully saturated rings. The van der Waals surface area contributed by atoms with Crippen LogP contribution in [0.5, 0.6) is 0 Å². The van der Waals surface area contributed by atoms with E-state index in [-0.39, 0.29) is 0 Å². The van der Waals surface area contributed by atoms with Crippen molar-refractivity contribution in [3.8, 4) is 0 Å². The Morgan fingerprint density at radius 3 is 1.58 bits per heavy atom. The van der Waals surface area contributed by atoms with Gasteiger partial charge >= 0.3 is 120 Å². The van der Waals surface area contributed by atoms with E-state index in [1.165, 1.54) is 57.0 Å². The van der Waals surface area contributed by atoms with Gasteiger partial charge in [-0.1, -0.05) is 0 Å². The first-order valence-corrected chi connectivity index (χ1v) is 10.8. The van der Waals surface area contributed by atoms with E-state index in [0.717, 1.165) is 0 Å². The standard InChI is InChI=1S/C17H32NP/c1-4-7-14-19(15-8-5-2,16-9-6-3)17-10-12-18-13-11-17/h10-13,19H,4-9,14-16H2,1-3H3. The zero-order chi connectivity index (χ0) is 14.0. The molecule has 1 heterocycles. The van der Waals surface area contributed by atoms with Crippen LogP contribution in [-0.4, -0.2) is 23.5 Å². The molecule has 0 atom stereocenters. The van der Waals surface area contributed by atoms with Crippen molar-refractivity contribution in [1.82, 2.24) is 4.98 Å². The van der Waals surface area contributed by atoms with Gasteiger partial charge < -0.3 is 0 Å². The van der Waals surface area contributed by atoms with Crippen molar-refractivity contribution in [1.29, 1.82) is 0 Å². The van der Waals surface area contributed by atoms with Crippen molar-refractivity contribution in [3.05, 3.63) is 24.5 Å². The normalized spacial score (nSPS) is 12.6. The summed E-state index contributed by atoms with van der Waals surface area (Å²) in [6.45, 7) is 6.97. The minimum atomic E-state index is -1.27. The van der Waals surface area contributed by atoms with Crippen molar-refractivity contribution in [2.24, 2.45) is 0 Å². The molecule has 0 aliphatic carbocycles. The first kappa shape index (κ1) is 16.6. The third-order valence-corrected chi connectivity index (χ3v) is 9.81. The zero-order valence-electron chi connectivity index (χ0n) is 13.1. The Morgan fingerprint density at radius 1 is 0.789 bits per heavy atom. The zero-order valence-corrected chi connectivity index (χ0v) is 14.1. The molecule has 0 saturated carbocycles. The van der Waals surface area contributed by atoms with Gasteiger partial charge in [-0.05, 0) is 0 Å². The van der Waals surface area contributed by atoms with Crippen molar-refractivity contribution in [3.63, 3.8) is 0 Å². The molecular formula is C17H32NP. The Morgan fingerprint density at radius 2 is 1.21 bits per heavy atom. The van der Waals surface area contributed by atoms with Crippen LogP contribution in [-0.2, 0) is 0 Å². The molecule has 1 nitrogen and oxygen atoms in total. The monoisotopic (exact) mass is 281 g/mol. The van der Waals surface area contributed by atoms with E-state index < -0.39 is 7.26 Å². The molecule has 1 aromatic heterocycles. The fourth-order valence-electron chi connectivity index (χ4n) is 3.06. The molecule has 0 saturated heterocycles. The van der Waals surface area contributed by atoms with Gasteiger partial charge in [0.1, 0.15) is 0 Å². The number of pyridine rings is 1. The van der Waals surface area contributed by atoms with Crippen LogP contribution in [0, 0.1) is 0 Å². The number of hydrogen-bond acceptors (Lipinski definition) is 1. The van der Waals surface area contributed by atoms with Crippen molar-refractivity contribution >= 4 is 12.6 Å². The average molecular weight is 281 g/mol. The van der Waals surface area contributed by atoms with Crippen LogP contribution in [0.1, 0.15) is 59.3 Å². The molecule has 0 unspecified atom stereocenters. The van der Waals surface area contributed by atoms with Gasteiger partial charge in [-0.2, -0.15) is 0 Å². The van der Waals surface area contributed by atoms with Crippen LogP contribution < -0.4 is 5.30 Å². The molecule has 0 amide bonds. The number of unbranched alkanes of at least 4 members (excludes halogenated alkanes) is 3. The summed E-state index contributed by atoms with van der Waals surface area (Å²) >= 11 is 0. The summed E-state index contributed by atoms with van der Waals surface area (Å²) in [6.07, 6.45) is 16.6. The molecule has 2 heteroatoms. The van der Waals surface area contributed by atoms with Gasteiger partial charge in [0.25, 0.3) is 0 Å². The third-order valence-electron chi connectivity index (χ3n) is 4.32. The van der Waals surface area contributed by atoms with E-state index in [4.69, 9.17) is 0 Å². The Kier molecular flexibility index (Phi) is 8.30. The predicted octanol–water partition coefficient (Wildman–Crippen LogP) is 4.86. The Bertz CT molecular complexity index is 302. The second kappa shape index (κ2) is 9.48. The van der Waals surface area contributed by atoms with Crippen molar-refractivity contribution < 1.29 is 0 Å². The maximum atomic E-state index is 4.22. The number of hydrogen-bond donors (Lipinski definition) is 0. The Labute approximate surface area is 120 Å². The van der Waals surface area contributed by atoms with Crippen LogP contribution in [0.25, 0.3) is 0 Å². The molecular weight excluding hydrogens is 249 g/mol. The van der Waals surface area contributed by atoms with Crippen molar-refractivity contribution in [2.45, 2.75) is 59.3 Å². The van der Waals surface area contributed by atoms with Gasteiger partial charge in [0.2, 0.25) is 0 Å². The molecule has 1 aromatic rings. The van der Waals surface area contributed by atoms with Gasteiger partial charge in [0.05, 0.1) is 0 Å². The van der Waals surface area contributed by atoms with E-state index in [1.54, 1.807) is 5.30 Å². The molecule has 110 valence electrons. The number of nitrogens with zero attached hydrogens (tertiary/aromatic N) is 1. The molecule has 0 aliphatic heterocycles. The first-order valence-electron chi connectivity index (χ1n) is 8.19. The van der Waals surface area contributed by atoms with Crippen LogP contribution in [0.2, 0.25) is 0 Å². The van der Waals surface area contributed by atoms with E-state index in [9.17, 15) is 0 Å². The van der Waals surface area contributed by atoms with Crippen LogP contribution in [0.15, 0.2) is 24.5 Å². The Balaban J connectivity index is 2.94. The first-order chi connectivity index (χ1) is 9.29. The second-order valence-corrected chi connectivity index (χ2v) is 10.5. The average Bonchev–Trinajstić information content (AvgIpc) is 2.48. The molecule has 0 bridgehead atoms. The molecule has 0 aromatic carbocycles. The van der Waals surface area contributed by atoms with E-state index >= 15 is 0 Å². The van der Waals surface area contributed by atoms with Gasteiger partial charge in [0.15, 0.2) is 0 Å². The summed E-state index contributed by atoms with van der Waals surface area (Å²) < 4.78 is 0. The summed E-state index contributed by atoms with van der Waals surface area (Å²) in [7, 11) is -1.27. The summed E-state index contributed by atoms with van der Waals surface area (Å²) in [5, 5.41) is 1.66. The molecule has 0 aliphatic rings. The summed E-state index contributed by atoms with van der Waals surface area (Å²) in [6, 6.07) is 4.63. The minimum absolute atomic E-state index is 1.27. The number of rotatable bonds is 10. The van der Waals surface area contributed by atoms with E-state index in [0.29, 0.717) is 0 Å². The summed E-state index contributed by atoms with van der Waals surface area (Å²) in [5.41, 5.74) is 0. The third kappa shape index (κ3) is 5.22. The Hall–Kier alpha value is -0.420. The molecule has 0 radical (unpaired) electrons. The van der Waals surface area contributed by atoms with E-state index in [1.807, 2.05) is 12.4 Å². The molecule has 0 N–H and O–H groups in total. The molecule has 19 heavy (non-hydrogen) atoms. The van der Waals surface area contributed by atoms with Crippen LogP contribution in [0.4, 0.5) is 0 Å². The van der Waals surface area contributed by atoms with Crippen LogP contribution in [0.3, 0.4) is 0 Å². The second-order valence-electron chi connectivity index (χ2n) is 5.83. The maximum absolute atomic E-state index is 4.22. The SMILES string of the molecule is CCCC[PH](CCCC)(CCCC)c1ccncc1. The molecule has 1 rings (SSSR count).